The molecular weight excluding hydrogens is 180 g/mol. The summed E-state index contributed by atoms with van der Waals surface area (Å²) in [6.07, 6.45) is 5.34. The lowest BCUT2D eigenvalue weighted by Crippen LogP contribution is -2.33. The molecule has 2 rings (SSSR count). The lowest BCUT2D eigenvalue weighted by molar-refractivity contribution is 0.0756. The summed E-state index contributed by atoms with van der Waals surface area (Å²) in [5.74, 6) is -0.0684. The molecule has 0 spiro atoms. The third kappa shape index (κ3) is 1.66. The molecule has 1 aliphatic carbocycles. The van der Waals surface area contributed by atoms with Crippen LogP contribution in [0.15, 0.2) is 18.9 Å². The number of nitrogens with one attached hydrogen (secondary N) is 1. The summed E-state index contributed by atoms with van der Waals surface area (Å²) in [4.78, 5) is 13.6. The van der Waals surface area contributed by atoms with Crippen LogP contribution in [0.25, 0.3) is 0 Å². The first kappa shape index (κ1) is 8.93. The van der Waals surface area contributed by atoms with E-state index in [-0.39, 0.29) is 5.91 Å². The second-order valence-corrected chi connectivity index (χ2v) is 3.33. The molecule has 0 saturated heterocycles. The Labute approximate surface area is 81.8 Å². The van der Waals surface area contributed by atoms with Gasteiger partial charge in [-0.1, -0.05) is 6.08 Å². The SMILES string of the molecule is C=CCN(C(=O)c1cn[nH]n1)C1CC1. The van der Waals surface area contributed by atoms with Crippen LogP contribution < -0.4 is 0 Å². The minimum absolute atomic E-state index is 0.0684. The second kappa shape index (κ2) is 3.61. The van der Waals surface area contributed by atoms with Gasteiger partial charge in [-0.15, -0.1) is 6.58 Å². The van der Waals surface area contributed by atoms with Crippen molar-refractivity contribution >= 4 is 5.91 Å². The molecule has 1 heterocycles. The smallest absolute Gasteiger partial charge is 0.276 e. The van der Waals surface area contributed by atoms with Crippen molar-refractivity contribution in [2.45, 2.75) is 18.9 Å². The highest BCUT2D eigenvalue weighted by molar-refractivity contribution is 5.92. The number of hydrogen-bond donors (Lipinski definition) is 1. The van der Waals surface area contributed by atoms with Gasteiger partial charge in [0.2, 0.25) is 0 Å². The molecule has 5 nitrogen and oxygen atoms in total. The van der Waals surface area contributed by atoms with E-state index in [4.69, 9.17) is 0 Å². The van der Waals surface area contributed by atoms with E-state index in [1.54, 1.807) is 11.0 Å². The molecule has 1 aliphatic rings. The number of aromatic amines is 1. The summed E-state index contributed by atoms with van der Waals surface area (Å²) in [6, 6.07) is 0.372. The molecule has 1 aromatic rings. The van der Waals surface area contributed by atoms with Crippen LogP contribution in [-0.2, 0) is 0 Å². The Bertz CT molecular complexity index is 329. The number of nitrogens with zero attached hydrogens (tertiary/aromatic N) is 3. The van der Waals surface area contributed by atoms with Crippen LogP contribution >= 0.6 is 0 Å². The van der Waals surface area contributed by atoms with Gasteiger partial charge in [-0.3, -0.25) is 4.79 Å². The Hall–Kier alpha value is -1.65. The topological polar surface area (TPSA) is 61.9 Å². The summed E-state index contributed by atoms with van der Waals surface area (Å²) in [7, 11) is 0. The highest BCUT2D eigenvalue weighted by Crippen LogP contribution is 2.27. The molecule has 0 aromatic carbocycles. The van der Waals surface area contributed by atoms with Gasteiger partial charge in [0.05, 0.1) is 6.20 Å². The fraction of sp³-hybridized carbons (Fsp3) is 0.444. The zero-order valence-corrected chi connectivity index (χ0v) is 7.81. The predicted octanol–water partition coefficient (Wildman–Crippen LogP) is 0.595. The van der Waals surface area contributed by atoms with Crippen LogP contribution in [0.3, 0.4) is 0 Å². The van der Waals surface area contributed by atoms with Crippen molar-refractivity contribution in [2.75, 3.05) is 6.54 Å². The lowest BCUT2D eigenvalue weighted by atomic mass is 10.3. The van der Waals surface area contributed by atoms with E-state index in [0.717, 1.165) is 12.8 Å². The third-order valence-corrected chi connectivity index (χ3v) is 2.21. The molecule has 1 fully saturated rings. The summed E-state index contributed by atoms with van der Waals surface area (Å²) in [5, 5.41) is 9.82. The van der Waals surface area contributed by atoms with E-state index in [2.05, 4.69) is 22.0 Å². The van der Waals surface area contributed by atoms with Gasteiger partial charge in [0, 0.05) is 12.6 Å². The number of aromatic nitrogens is 3. The van der Waals surface area contributed by atoms with E-state index in [0.29, 0.717) is 18.3 Å². The summed E-state index contributed by atoms with van der Waals surface area (Å²) >= 11 is 0. The molecular formula is C9H12N4O. The van der Waals surface area contributed by atoms with Crippen molar-refractivity contribution < 1.29 is 4.79 Å². The van der Waals surface area contributed by atoms with Gasteiger partial charge in [-0.25, -0.2) is 0 Å². The number of hydrogen-bond acceptors (Lipinski definition) is 3. The normalized spacial score (nSPS) is 15.1. The number of carbonyl (C=O) groups is 1. The van der Waals surface area contributed by atoms with E-state index in [1.165, 1.54) is 6.20 Å². The Morgan fingerprint density at radius 2 is 2.57 bits per heavy atom. The molecule has 1 N–H and O–H groups in total. The predicted molar refractivity (Wildman–Crippen MR) is 50.6 cm³/mol. The number of carbonyl (C=O) groups excluding carboxylic acids is 1. The first-order chi connectivity index (χ1) is 6.83. The Morgan fingerprint density at radius 3 is 3.07 bits per heavy atom. The average Bonchev–Trinajstić information content (AvgIpc) is 2.88. The standard InChI is InChI=1S/C9H12N4O/c1-2-5-13(7-3-4-7)9(14)8-6-10-12-11-8/h2,6-7H,1,3-5H2,(H,10,11,12). The fourth-order valence-corrected chi connectivity index (χ4v) is 1.37. The van der Waals surface area contributed by atoms with Gasteiger partial charge < -0.3 is 4.90 Å². The highest BCUT2D eigenvalue weighted by Gasteiger charge is 2.32. The quantitative estimate of drug-likeness (QED) is 0.710. The number of H-pyrrole nitrogens is 1. The molecule has 14 heavy (non-hydrogen) atoms. The maximum Gasteiger partial charge on any atom is 0.276 e. The van der Waals surface area contributed by atoms with Crippen LogP contribution in [0, 0.1) is 0 Å². The Morgan fingerprint density at radius 1 is 1.79 bits per heavy atom. The maximum absolute atomic E-state index is 11.8. The molecule has 0 bridgehead atoms. The van der Waals surface area contributed by atoms with Crippen LogP contribution in [-0.4, -0.2) is 38.8 Å². The van der Waals surface area contributed by atoms with Crippen LogP contribution in [0.1, 0.15) is 23.3 Å². The van der Waals surface area contributed by atoms with Gasteiger partial charge in [0.15, 0.2) is 5.69 Å². The van der Waals surface area contributed by atoms with Crippen molar-refractivity contribution in [3.63, 3.8) is 0 Å². The minimum atomic E-state index is -0.0684. The zero-order chi connectivity index (χ0) is 9.97. The van der Waals surface area contributed by atoms with Crippen LogP contribution in [0.2, 0.25) is 0 Å². The highest BCUT2D eigenvalue weighted by atomic mass is 16.2. The summed E-state index contributed by atoms with van der Waals surface area (Å²) < 4.78 is 0. The van der Waals surface area contributed by atoms with E-state index >= 15 is 0 Å². The largest absolute Gasteiger partial charge is 0.331 e. The molecule has 0 unspecified atom stereocenters. The van der Waals surface area contributed by atoms with E-state index in [9.17, 15) is 4.79 Å². The molecule has 74 valence electrons. The van der Waals surface area contributed by atoms with Gasteiger partial charge >= 0.3 is 0 Å². The van der Waals surface area contributed by atoms with Crippen molar-refractivity contribution in [3.05, 3.63) is 24.5 Å². The monoisotopic (exact) mass is 192 g/mol. The van der Waals surface area contributed by atoms with Crippen LogP contribution in [0.4, 0.5) is 0 Å². The van der Waals surface area contributed by atoms with E-state index in [1.807, 2.05) is 0 Å². The maximum atomic E-state index is 11.8. The van der Waals surface area contributed by atoms with Crippen molar-refractivity contribution in [3.8, 4) is 0 Å². The lowest BCUT2D eigenvalue weighted by Gasteiger charge is -2.18. The molecule has 0 atom stereocenters. The molecule has 1 amide bonds. The minimum Gasteiger partial charge on any atom is -0.331 e. The number of rotatable bonds is 4. The average molecular weight is 192 g/mol. The molecule has 0 aliphatic heterocycles. The zero-order valence-electron chi connectivity index (χ0n) is 7.81. The Kier molecular flexibility index (Phi) is 2.30. The van der Waals surface area contributed by atoms with Crippen molar-refractivity contribution in [1.82, 2.24) is 20.3 Å². The van der Waals surface area contributed by atoms with Crippen molar-refractivity contribution in [1.29, 1.82) is 0 Å². The molecule has 0 radical (unpaired) electrons. The number of amides is 1. The molecule has 1 aromatic heterocycles. The summed E-state index contributed by atoms with van der Waals surface area (Å²) in [6.45, 7) is 4.22. The van der Waals surface area contributed by atoms with Crippen LogP contribution in [0.5, 0.6) is 0 Å². The van der Waals surface area contributed by atoms with Gasteiger partial charge in [0.1, 0.15) is 0 Å². The van der Waals surface area contributed by atoms with Crippen molar-refractivity contribution in [2.24, 2.45) is 0 Å². The second-order valence-electron chi connectivity index (χ2n) is 3.33. The molecule has 1 saturated carbocycles. The van der Waals surface area contributed by atoms with Gasteiger partial charge in [-0.05, 0) is 12.8 Å². The van der Waals surface area contributed by atoms with Gasteiger partial charge in [0.25, 0.3) is 5.91 Å². The van der Waals surface area contributed by atoms with Gasteiger partial charge in [-0.2, -0.15) is 15.4 Å². The first-order valence-electron chi connectivity index (χ1n) is 4.60. The fourth-order valence-electron chi connectivity index (χ4n) is 1.37. The molecule has 5 heteroatoms. The third-order valence-electron chi connectivity index (χ3n) is 2.21. The summed E-state index contributed by atoms with van der Waals surface area (Å²) in [5.41, 5.74) is 0.374. The van der Waals surface area contributed by atoms with E-state index < -0.39 is 0 Å². The first-order valence-corrected chi connectivity index (χ1v) is 4.60. The Balaban J connectivity index is 2.10.